The lowest BCUT2D eigenvalue weighted by Gasteiger charge is -2.35. The lowest BCUT2D eigenvalue weighted by Crippen LogP contribution is -2.48. The van der Waals surface area contributed by atoms with Gasteiger partial charge in [-0.15, -0.1) is 0 Å². The second kappa shape index (κ2) is 8.10. The first kappa shape index (κ1) is 18.1. The van der Waals surface area contributed by atoms with Gasteiger partial charge in [-0.1, -0.05) is 30.3 Å². The van der Waals surface area contributed by atoms with E-state index in [1.807, 2.05) is 6.07 Å². The number of carboxylic acids is 1. The van der Waals surface area contributed by atoms with Gasteiger partial charge in [0.25, 0.3) is 0 Å². The van der Waals surface area contributed by atoms with Crippen LogP contribution in [-0.2, 0) is 17.8 Å². The average Bonchev–Trinajstić information content (AvgIpc) is 2.64. The monoisotopic (exact) mass is 356 g/mol. The number of amides is 1. The number of halogens is 1. The van der Waals surface area contributed by atoms with Crippen LogP contribution in [0.15, 0.2) is 48.5 Å². The number of nitrogens with zero attached hydrogens (tertiary/aromatic N) is 2. The van der Waals surface area contributed by atoms with Crippen molar-refractivity contribution < 1.29 is 19.1 Å². The average molecular weight is 356 g/mol. The van der Waals surface area contributed by atoms with Gasteiger partial charge in [-0.05, 0) is 29.3 Å². The van der Waals surface area contributed by atoms with Gasteiger partial charge in [-0.2, -0.15) is 0 Å². The highest BCUT2D eigenvalue weighted by molar-refractivity contribution is 5.87. The Bertz CT molecular complexity index is 801. The van der Waals surface area contributed by atoms with Crippen LogP contribution in [-0.4, -0.2) is 53.0 Å². The summed E-state index contributed by atoms with van der Waals surface area (Å²) in [5.74, 6) is -1.35. The minimum absolute atomic E-state index is 0.0670. The minimum atomic E-state index is -0.935. The molecule has 1 fully saturated rings. The number of benzene rings is 2. The smallest absolute Gasteiger partial charge is 0.335 e. The molecule has 0 atom stereocenters. The molecular formula is C20H21FN2O3. The summed E-state index contributed by atoms with van der Waals surface area (Å²) < 4.78 is 13.7. The van der Waals surface area contributed by atoms with Crippen molar-refractivity contribution in [3.05, 3.63) is 71.0 Å². The van der Waals surface area contributed by atoms with Gasteiger partial charge in [-0.25, -0.2) is 9.18 Å². The molecule has 5 nitrogen and oxygen atoms in total. The van der Waals surface area contributed by atoms with Crippen LogP contribution in [0.5, 0.6) is 0 Å². The van der Waals surface area contributed by atoms with Crippen LogP contribution in [0.3, 0.4) is 0 Å². The molecule has 1 N–H and O–H groups in total. The molecule has 0 spiro atoms. The predicted octanol–water partition coefficient (Wildman–Crippen LogP) is 2.41. The van der Waals surface area contributed by atoms with Crippen LogP contribution in [0, 0.1) is 5.82 Å². The van der Waals surface area contributed by atoms with Crippen molar-refractivity contribution in [2.45, 2.75) is 13.0 Å². The molecule has 3 rings (SSSR count). The van der Waals surface area contributed by atoms with Crippen molar-refractivity contribution >= 4 is 11.9 Å². The Balaban J connectivity index is 1.52. The molecule has 2 aromatic carbocycles. The Kier molecular flexibility index (Phi) is 5.63. The van der Waals surface area contributed by atoms with Gasteiger partial charge in [-0.3, -0.25) is 9.69 Å². The number of hydrogen-bond acceptors (Lipinski definition) is 3. The topological polar surface area (TPSA) is 60.9 Å². The molecule has 0 bridgehead atoms. The van der Waals surface area contributed by atoms with Gasteiger partial charge in [0.2, 0.25) is 5.91 Å². The molecule has 0 unspecified atom stereocenters. The third kappa shape index (κ3) is 4.46. The van der Waals surface area contributed by atoms with E-state index in [1.54, 1.807) is 41.3 Å². The molecule has 136 valence electrons. The zero-order chi connectivity index (χ0) is 18.5. The van der Waals surface area contributed by atoms with Gasteiger partial charge in [0, 0.05) is 32.7 Å². The molecule has 1 aliphatic heterocycles. The summed E-state index contributed by atoms with van der Waals surface area (Å²) >= 11 is 0. The molecule has 26 heavy (non-hydrogen) atoms. The molecule has 0 aliphatic carbocycles. The normalized spacial score (nSPS) is 15.0. The zero-order valence-corrected chi connectivity index (χ0v) is 14.4. The molecule has 1 amide bonds. The zero-order valence-electron chi connectivity index (χ0n) is 14.4. The Morgan fingerprint density at radius 1 is 1.00 bits per heavy atom. The fourth-order valence-electron chi connectivity index (χ4n) is 3.13. The molecule has 6 heteroatoms. The minimum Gasteiger partial charge on any atom is -0.478 e. The molecular weight excluding hydrogens is 335 g/mol. The standard InChI is InChI=1S/C20H21FN2O3/c21-18-7-2-1-5-16(18)13-19(24)23-10-8-22(9-11-23)14-15-4-3-6-17(12-15)20(25)26/h1-7,12H,8-11,13-14H2,(H,25,26). The van der Waals surface area contributed by atoms with E-state index < -0.39 is 5.97 Å². The Morgan fingerprint density at radius 3 is 2.42 bits per heavy atom. The highest BCUT2D eigenvalue weighted by Crippen LogP contribution is 2.13. The van der Waals surface area contributed by atoms with Gasteiger partial charge in [0.05, 0.1) is 12.0 Å². The predicted molar refractivity (Wildman–Crippen MR) is 95.4 cm³/mol. The molecule has 0 saturated carbocycles. The van der Waals surface area contributed by atoms with E-state index in [0.717, 1.165) is 5.56 Å². The third-order valence-corrected chi connectivity index (χ3v) is 4.60. The largest absolute Gasteiger partial charge is 0.478 e. The SMILES string of the molecule is O=C(O)c1cccc(CN2CCN(C(=O)Cc3ccccc3F)CC2)c1. The Morgan fingerprint density at radius 2 is 1.73 bits per heavy atom. The lowest BCUT2D eigenvalue weighted by atomic mass is 10.1. The first-order valence-electron chi connectivity index (χ1n) is 8.58. The van der Waals surface area contributed by atoms with Crippen LogP contribution in [0.2, 0.25) is 0 Å². The highest BCUT2D eigenvalue weighted by Gasteiger charge is 2.22. The van der Waals surface area contributed by atoms with Crippen LogP contribution in [0.1, 0.15) is 21.5 Å². The van der Waals surface area contributed by atoms with Gasteiger partial charge in [0.1, 0.15) is 5.82 Å². The molecule has 1 saturated heterocycles. The first-order chi connectivity index (χ1) is 12.5. The van der Waals surface area contributed by atoms with Crippen molar-refractivity contribution in [3.63, 3.8) is 0 Å². The highest BCUT2D eigenvalue weighted by atomic mass is 19.1. The van der Waals surface area contributed by atoms with Crippen molar-refractivity contribution in [3.8, 4) is 0 Å². The van der Waals surface area contributed by atoms with E-state index >= 15 is 0 Å². The van der Waals surface area contributed by atoms with Crippen LogP contribution in [0.4, 0.5) is 4.39 Å². The maximum absolute atomic E-state index is 13.7. The first-order valence-corrected chi connectivity index (χ1v) is 8.58. The van der Waals surface area contributed by atoms with Crippen LogP contribution < -0.4 is 0 Å². The number of aromatic carboxylic acids is 1. The van der Waals surface area contributed by atoms with E-state index in [1.165, 1.54) is 6.07 Å². The lowest BCUT2D eigenvalue weighted by molar-refractivity contribution is -0.132. The molecule has 1 heterocycles. The third-order valence-electron chi connectivity index (χ3n) is 4.60. The molecule has 0 radical (unpaired) electrons. The molecule has 0 aromatic heterocycles. The van der Waals surface area contributed by atoms with Gasteiger partial charge in [0.15, 0.2) is 0 Å². The fraction of sp³-hybridized carbons (Fsp3) is 0.300. The number of hydrogen-bond donors (Lipinski definition) is 1. The van der Waals surface area contributed by atoms with Crippen molar-refractivity contribution in [1.82, 2.24) is 9.80 Å². The van der Waals surface area contributed by atoms with Gasteiger partial charge >= 0.3 is 5.97 Å². The summed E-state index contributed by atoms with van der Waals surface area (Å²) in [5.41, 5.74) is 1.64. The van der Waals surface area contributed by atoms with E-state index in [-0.39, 0.29) is 23.7 Å². The van der Waals surface area contributed by atoms with Crippen molar-refractivity contribution in [2.75, 3.05) is 26.2 Å². The maximum atomic E-state index is 13.7. The van der Waals surface area contributed by atoms with Gasteiger partial charge < -0.3 is 10.0 Å². The summed E-state index contributed by atoms with van der Waals surface area (Å²) in [5, 5.41) is 9.07. The summed E-state index contributed by atoms with van der Waals surface area (Å²) in [7, 11) is 0. The second-order valence-electron chi connectivity index (χ2n) is 6.43. The molecule has 2 aromatic rings. The number of carbonyl (C=O) groups is 2. The Labute approximate surface area is 151 Å². The molecule has 1 aliphatic rings. The number of rotatable bonds is 5. The van der Waals surface area contributed by atoms with E-state index in [4.69, 9.17) is 5.11 Å². The Hall–Kier alpha value is -2.73. The van der Waals surface area contributed by atoms with Crippen LogP contribution >= 0.6 is 0 Å². The van der Waals surface area contributed by atoms with E-state index in [0.29, 0.717) is 38.3 Å². The number of carbonyl (C=O) groups excluding carboxylic acids is 1. The quantitative estimate of drug-likeness (QED) is 0.894. The number of piperazine rings is 1. The fourth-order valence-corrected chi connectivity index (χ4v) is 3.13. The van der Waals surface area contributed by atoms with Crippen molar-refractivity contribution in [1.29, 1.82) is 0 Å². The van der Waals surface area contributed by atoms with Crippen molar-refractivity contribution in [2.24, 2.45) is 0 Å². The van der Waals surface area contributed by atoms with E-state index in [9.17, 15) is 14.0 Å². The van der Waals surface area contributed by atoms with Crippen LogP contribution in [0.25, 0.3) is 0 Å². The number of carboxylic acid groups (broad SMARTS) is 1. The summed E-state index contributed by atoms with van der Waals surface area (Å²) in [4.78, 5) is 27.4. The summed E-state index contributed by atoms with van der Waals surface area (Å²) in [6.07, 6.45) is 0.0767. The summed E-state index contributed by atoms with van der Waals surface area (Å²) in [6.45, 7) is 3.24. The maximum Gasteiger partial charge on any atom is 0.335 e. The van der Waals surface area contributed by atoms with E-state index in [2.05, 4.69) is 4.90 Å². The second-order valence-corrected chi connectivity index (χ2v) is 6.43. The summed E-state index contributed by atoms with van der Waals surface area (Å²) in [6, 6.07) is 13.2.